The molecule has 0 bridgehead atoms. The molecule has 2 aliphatic rings. The van der Waals surface area contributed by atoms with Crippen LogP contribution in [-0.4, -0.2) is 12.9 Å². The largest absolute Gasteiger partial charge is 0.493 e. The van der Waals surface area contributed by atoms with Crippen molar-refractivity contribution in [1.29, 1.82) is 0 Å². The lowest BCUT2D eigenvalue weighted by atomic mass is 9.68. The van der Waals surface area contributed by atoms with Gasteiger partial charge in [-0.15, -0.1) is 0 Å². The van der Waals surface area contributed by atoms with Gasteiger partial charge in [0.05, 0.1) is 12.2 Å². The summed E-state index contributed by atoms with van der Waals surface area (Å²) >= 11 is 0. The van der Waals surface area contributed by atoms with E-state index in [1.165, 1.54) is 69.8 Å². The first-order valence-electron chi connectivity index (χ1n) is 12.0. The molecule has 2 heteroatoms. The topological polar surface area (TPSA) is 26.3 Å². The number of carbonyl (C=O) groups is 1. The predicted molar refractivity (Wildman–Crippen MR) is 117 cm³/mol. The van der Waals surface area contributed by atoms with Gasteiger partial charge >= 0.3 is 0 Å². The second-order valence-corrected chi connectivity index (χ2v) is 9.30. The highest BCUT2D eigenvalue weighted by Crippen LogP contribution is 2.44. The lowest BCUT2D eigenvalue weighted by molar-refractivity contribution is 0.111. The molecule has 0 spiro atoms. The van der Waals surface area contributed by atoms with Gasteiger partial charge in [0.2, 0.25) is 0 Å². The molecule has 3 rings (SSSR count). The molecule has 2 aliphatic carbocycles. The molecule has 0 radical (unpaired) electrons. The molecule has 1 aromatic carbocycles. The molecular formula is C26H40O2. The Morgan fingerprint density at radius 1 is 0.929 bits per heavy atom. The number of hydrogen-bond donors (Lipinski definition) is 0. The van der Waals surface area contributed by atoms with Gasteiger partial charge in [0, 0.05) is 0 Å². The highest BCUT2D eigenvalue weighted by Gasteiger charge is 2.31. The SMILES string of the molecule is CCCCOc1ccc(C2CCC(C3CCC(CCC)CC3)CC2)cc1C=O. The number of aldehydes is 1. The summed E-state index contributed by atoms with van der Waals surface area (Å²) in [6.45, 7) is 5.18. The molecule has 0 atom stereocenters. The zero-order valence-electron chi connectivity index (χ0n) is 18.1. The fraction of sp³-hybridized carbons (Fsp3) is 0.731. The van der Waals surface area contributed by atoms with Crippen molar-refractivity contribution in [2.24, 2.45) is 17.8 Å². The summed E-state index contributed by atoms with van der Waals surface area (Å²) in [7, 11) is 0. The van der Waals surface area contributed by atoms with Crippen LogP contribution in [0.1, 0.15) is 113 Å². The molecule has 156 valence electrons. The number of rotatable bonds is 9. The van der Waals surface area contributed by atoms with Crippen LogP contribution in [0.15, 0.2) is 18.2 Å². The number of benzene rings is 1. The summed E-state index contributed by atoms with van der Waals surface area (Å²) in [5, 5.41) is 0. The molecule has 2 fully saturated rings. The van der Waals surface area contributed by atoms with Crippen molar-refractivity contribution in [3.05, 3.63) is 29.3 Å². The van der Waals surface area contributed by atoms with Gasteiger partial charge in [0.1, 0.15) is 5.75 Å². The van der Waals surface area contributed by atoms with E-state index in [4.69, 9.17) is 4.74 Å². The Balaban J connectivity index is 1.51. The van der Waals surface area contributed by atoms with Crippen LogP contribution in [0, 0.1) is 17.8 Å². The Labute approximate surface area is 172 Å². The summed E-state index contributed by atoms with van der Waals surface area (Å²) in [5.41, 5.74) is 2.07. The first-order valence-corrected chi connectivity index (χ1v) is 12.0. The van der Waals surface area contributed by atoms with E-state index in [2.05, 4.69) is 26.0 Å². The molecule has 0 aromatic heterocycles. The van der Waals surface area contributed by atoms with Crippen LogP contribution < -0.4 is 4.74 Å². The standard InChI is InChI=1S/C26H40O2/c1-3-5-17-28-26-16-15-24(18-25(26)19-27)23-13-11-22(12-14-23)21-9-7-20(6-4-2)8-10-21/h15-16,18-23H,3-14,17H2,1-2H3. The van der Waals surface area contributed by atoms with Crippen molar-refractivity contribution in [3.8, 4) is 5.75 Å². The minimum atomic E-state index is 0.621. The van der Waals surface area contributed by atoms with E-state index < -0.39 is 0 Å². The van der Waals surface area contributed by atoms with Crippen molar-refractivity contribution >= 4 is 6.29 Å². The highest BCUT2D eigenvalue weighted by molar-refractivity contribution is 5.79. The van der Waals surface area contributed by atoms with E-state index in [1.54, 1.807) is 0 Å². The van der Waals surface area contributed by atoms with Crippen molar-refractivity contribution < 1.29 is 9.53 Å². The normalized spacial score (nSPS) is 28.1. The molecule has 0 heterocycles. The van der Waals surface area contributed by atoms with Crippen LogP contribution in [0.3, 0.4) is 0 Å². The van der Waals surface area contributed by atoms with Gasteiger partial charge in [0.25, 0.3) is 0 Å². The molecule has 0 amide bonds. The quantitative estimate of drug-likeness (QED) is 0.324. The molecule has 0 saturated heterocycles. The van der Waals surface area contributed by atoms with Crippen molar-refractivity contribution in [1.82, 2.24) is 0 Å². The van der Waals surface area contributed by atoms with Crippen molar-refractivity contribution in [2.75, 3.05) is 6.61 Å². The number of carbonyl (C=O) groups excluding carboxylic acids is 1. The maximum atomic E-state index is 11.5. The summed E-state index contributed by atoms with van der Waals surface area (Å²) in [6.07, 6.45) is 17.1. The third-order valence-corrected chi connectivity index (χ3v) is 7.41. The van der Waals surface area contributed by atoms with Crippen LogP contribution >= 0.6 is 0 Å². The predicted octanol–water partition coefficient (Wildman–Crippen LogP) is 7.56. The van der Waals surface area contributed by atoms with E-state index in [0.717, 1.165) is 48.2 Å². The molecular weight excluding hydrogens is 344 g/mol. The average molecular weight is 385 g/mol. The minimum absolute atomic E-state index is 0.621. The van der Waals surface area contributed by atoms with Crippen molar-refractivity contribution in [3.63, 3.8) is 0 Å². The Bertz CT molecular complexity index is 592. The van der Waals surface area contributed by atoms with Crippen LogP contribution in [0.5, 0.6) is 5.75 Å². The molecule has 2 saturated carbocycles. The summed E-state index contributed by atoms with van der Waals surface area (Å²) < 4.78 is 5.80. The highest BCUT2D eigenvalue weighted by atomic mass is 16.5. The monoisotopic (exact) mass is 384 g/mol. The fourth-order valence-corrected chi connectivity index (χ4v) is 5.65. The van der Waals surface area contributed by atoms with Gasteiger partial charge < -0.3 is 4.74 Å². The van der Waals surface area contributed by atoms with Crippen LogP contribution in [-0.2, 0) is 0 Å². The van der Waals surface area contributed by atoms with Gasteiger partial charge in [-0.1, -0.05) is 52.0 Å². The van der Waals surface area contributed by atoms with Crippen LogP contribution in [0.2, 0.25) is 0 Å². The van der Waals surface area contributed by atoms with E-state index in [9.17, 15) is 4.79 Å². The Kier molecular flexibility index (Phi) is 8.43. The summed E-state index contributed by atoms with van der Waals surface area (Å²) in [4.78, 5) is 11.5. The average Bonchev–Trinajstić information content (AvgIpc) is 2.75. The number of hydrogen-bond acceptors (Lipinski definition) is 2. The number of unbranched alkanes of at least 4 members (excludes halogenated alkanes) is 1. The Morgan fingerprint density at radius 3 is 2.21 bits per heavy atom. The van der Waals surface area contributed by atoms with Gasteiger partial charge in [-0.05, 0) is 86.3 Å². The second kappa shape index (κ2) is 11.0. The van der Waals surface area contributed by atoms with Gasteiger partial charge in [-0.25, -0.2) is 0 Å². The van der Waals surface area contributed by atoms with Gasteiger partial charge in [0.15, 0.2) is 6.29 Å². The Hall–Kier alpha value is -1.31. The van der Waals surface area contributed by atoms with E-state index in [1.807, 2.05) is 6.07 Å². The zero-order chi connectivity index (χ0) is 19.8. The Morgan fingerprint density at radius 2 is 1.61 bits per heavy atom. The smallest absolute Gasteiger partial charge is 0.153 e. The fourth-order valence-electron chi connectivity index (χ4n) is 5.65. The minimum Gasteiger partial charge on any atom is -0.493 e. The summed E-state index contributed by atoms with van der Waals surface area (Å²) in [5.74, 6) is 4.31. The molecule has 0 unspecified atom stereocenters. The lowest BCUT2D eigenvalue weighted by Gasteiger charge is -2.38. The maximum Gasteiger partial charge on any atom is 0.153 e. The van der Waals surface area contributed by atoms with E-state index in [0.29, 0.717) is 12.5 Å². The first kappa shape index (κ1) is 21.4. The molecule has 1 aromatic rings. The zero-order valence-corrected chi connectivity index (χ0v) is 18.1. The van der Waals surface area contributed by atoms with Gasteiger partial charge in [-0.2, -0.15) is 0 Å². The third-order valence-electron chi connectivity index (χ3n) is 7.41. The number of ether oxygens (including phenoxy) is 1. The van der Waals surface area contributed by atoms with E-state index in [-0.39, 0.29) is 0 Å². The second-order valence-electron chi connectivity index (χ2n) is 9.30. The van der Waals surface area contributed by atoms with Crippen LogP contribution in [0.4, 0.5) is 0 Å². The molecule has 2 nitrogen and oxygen atoms in total. The summed E-state index contributed by atoms with van der Waals surface area (Å²) in [6, 6.07) is 6.32. The van der Waals surface area contributed by atoms with Crippen LogP contribution in [0.25, 0.3) is 0 Å². The van der Waals surface area contributed by atoms with E-state index >= 15 is 0 Å². The maximum absolute atomic E-state index is 11.5. The molecule has 28 heavy (non-hydrogen) atoms. The lowest BCUT2D eigenvalue weighted by Crippen LogP contribution is -2.25. The molecule has 0 aliphatic heterocycles. The third kappa shape index (κ3) is 5.61. The van der Waals surface area contributed by atoms with Crippen molar-refractivity contribution in [2.45, 2.75) is 96.8 Å². The van der Waals surface area contributed by atoms with Gasteiger partial charge in [-0.3, -0.25) is 4.79 Å². The molecule has 0 N–H and O–H groups in total. The first-order chi connectivity index (χ1) is 13.7.